The van der Waals surface area contributed by atoms with E-state index in [1.165, 1.54) is 44.8 Å². The molecule has 6 rings (SSSR count). The molecule has 2 heterocycles. The Bertz CT molecular complexity index is 1670. The lowest BCUT2D eigenvalue weighted by atomic mass is 9.75. The zero-order valence-electron chi connectivity index (χ0n) is 29.3. The smallest absolute Gasteiger partial charge is 0.407 e. The lowest BCUT2D eigenvalue weighted by molar-refractivity contribution is 0.0475. The van der Waals surface area contributed by atoms with Crippen molar-refractivity contribution in [2.45, 2.75) is 96.5 Å². The van der Waals surface area contributed by atoms with Crippen LogP contribution in [-0.2, 0) is 17.8 Å². The molecular weight excluding hydrogens is 679 g/mol. The van der Waals surface area contributed by atoms with Gasteiger partial charge < -0.3 is 24.8 Å². The minimum Gasteiger partial charge on any atom is -0.495 e. The Morgan fingerprint density at radius 1 is 0.960 bits per heavy atom. The molecule has 2 N–H and O–H groups in total. The van der Waals surface area contributed by atoms with E-state index in [2.05, 4.69) is 10.6 Å². The van der Waals surface area contributed by atoms with Crippen molar-refractivity contribution in [2.24, 2.45) is 11.8 Å². The van der Waals surface area contributed by atoms with Crippen LogP contribution in [0.15, 0.2) is 42.6 Å². The first-order valence-electron chi connectivity index (χ1n) is 17.3. The number of amides is 3. The van der Waals surface area contributed by atoms with Crippen LogP contribution in [0.3, 0.4) is 0 Å². The third-order valence-electron chi connectivity index (χ3n) is 9.87. The number of aromatic nitrogens is 2. The highest BCUT2D eigenvalue weighted by atomic mass is 35.5. The summed E-state index contributed by atoms with van der Waals surface area (Å²) in [5.41, 5.74) is 1.28. The van der Waals surface area contributed by atoms with Gasteiger partial charge >= 0.3 is 12.1 Å². The van der Waals surface area contributed by atoms with Crippen molar-refractivity contribution >= 4 is 52.8 Å². The second-order valence-electron chi connectivity index (χ2n) is 14.4. The molecule has 13 heteroatoms. The van der Waals surface area contributed by atoms with Gasteiger partial charge in [0.25, 0.3) is 0 Å². The van der Waals surface area contributed by atoms with Gasteiger partial charge in [0.15, 0.2) is 0 Å². The number of fused-ring (bicyclic) bond motifs is 1. The molecule has 0 spiro atoms. The van der Waals surface area contributed by atoms with Gasteiger partial charge in [-0.25, -0.2) is 14.6 Å². The summed E-state index contributed by atoms with van der Waals surface area (Å²) in [5.74, 6) is 2.74. The highest BCUT2D eigenvalue weighted by Crippen LogP contribution is 2.48. The third-order valence-corrected chi connectivity index (χ3v) is 10.6. The summed E-state index contributed by atoms with van der Waals surface area (Å²) in [7, 11) is 2.98. The second-order valence-corrected chi connectivity index (χ2v) is 15.1. The largest absolute Gasteiger partial charge is 0.495 e. The van der Waals surface area contributed by atoms with E-state index in [1.807, 2.05) is 51.1 Å². The molecule has 0 radical (unpaired) electrons. The van der Waals surface area contributed by atoms with Crippen molar-refractivity contribution in [3.05, 3.63) is 63.8 Å². The monoisotopic (exact) mass is 724 g/mol. The standard InChI is InChI=1S/C37H46Cl2N6O5/c1-37(2,3)50-35(46)42-26-16-15-24(23-13-9-10-14-23)17-27(26)41-34-40-19-25-21-44(32-30(38)28(48-4)18-29(49-5)31(32)39)36(47)45(33(25)43-34)20-22-11-7-6-8-12-22/h6-8,11-12,18-19,23-24,26-27H,9-10,13-17,20-21H2,1-5H3,(H,42,46)(H,40,41,43)/t24?,26-,27+/m0/s1. The van der Waals surface area contributed by atoms with Gasteiger partial charge in [0.1, 0.15) is 33.0 Å². The fraction of sp³-hybridized carbons (Fsp3) is 0.514. The Labute approximate surface area is 304 Å². The molecule has 1 unspecified atom stereocenters. The number of rotatable bonds is 9. The Balaban J connectivity index is 1.34. The minimum absolute atomic E-state index is 0.117. The van der Waals surface area contributed by atoms with Crippen LogP contribution in [0.5, 0.6) is 11.5 Å². The maximum atomic E-state index is 14.5. The zero-order valence-corrected chi connectivity index (χ0v) is 30.8. The number of carbonyl (C=O) groups is 2. The molecule has 0 bridgehead atoms. The molecule has 268 valence electrons. The molecule has 1 aromatic heterocycles. The summed E-state index contributed by atoms with van der Waals surface area (Å²) < 4.78 is 16.6. The minimum atomic E-state index is -0.608. The van der Waals surface area contributed by atoms with E-state index in [0.717, 1.165) is 24.8 Å². The van der Waals surface area contributed by atoms with Crippen LogP contribution in [0.25, 0.3) is 0 Å². The van der Waals surface area contributed by atoms with Crippen LogP contribution >= 0.6 is 23.2 Å². The first-order chi connectivity index (χ1) is 24.0. The molecule has 11 nitrogen and oxygen atoms in total. The number of hydrogen-bond acceptors (Lipinski definition) is 8. The van der Waals surface area contributed by atoms with Crippen LogP contribution in [-0.4, -0.2) is 54.0 Å². The lowest BCUT2D eigenvalue weighted by Gasteiger charge is -2.40. The molecule has 2 fully saturated rings. The Hall–Kier alpha value is -3.96. The predicted octanol–water partition coefficient (Wildman–Crippen LogP) is 8.61. The Kier molecular flexibility index (Phi) is 10.8. The molecule has 50 heavy (non-hydrogen) atoms. The molecule has 1 aliphatic heterocycles. The van der Waals surface area contributed by atoms with E-state index in [0.29, 0.717) is 40.7 Å². The van der Waals surface area contributed by atoms with Gasteiger partial charge in [-0.1, -0.05) is 79.2 Å². The SMILES string of the molecule is COc1cc(OC)c(Cl)c(N2Cc3cnc(N[C@@H]4CC(C5CCCC5)CC[C@@H]4NC(=O)OC(C)(C)C)nc3N(Cc3ccccc3)C2=O)c1Cl. The molecule has 2 saturated carbocycles. The van der Waals surface area contributed by atoms with E-state index >= 15 is 0 Å². The van der Waals surface area contributed by atoms with Crippen LogP contribution in [0, 0.1) is 11.8 Å². The zero-order chi connectivity index (χ0) is 35.6. The fourth-order valence-corrected chi connectivity index (χ4v) is 8.20. The van der Waals surface area contributed by atoms with E-state index in [4.69, 9.17) is 47.4 Å². The van der Waals surface area contributed by atoms with E-state index in [-0.39, 0.29) is 46.9 Å². The number of methoxy groups -OCH3 is 2. The maximum Gasteiger partial charge on any atom is 0.407 e. The maximum absolute atomic E-state index is 14.5. The summed E-state index contributed by atoms with van der Waals surface area (Å²) in [4.78, 5) is 40.2. The van der Waals surface area contributed by atoms with Crippen molar-refractivity contribution < 1.29 is 23.8 Å². The van der Waals surface area contributed by atoms with Gasteiger partial charge in [0.2, 0.25) is 5.95 Å². The van der Waals surface area contributed by atoms with Crippen LogP contribution < -0.4 is 29.9 Å². The lowest BCUT2D eigenvalue weighted by Crippen LogP contribution is -2.52. The molecule has 0 saturated heterocycles. The number of halogens is 2. The van der Waals surface area contributed by atoms with Gasteiger partial charge in [0, 0.05) is 23.9 Å². The Morgan fingerprint density at radius 3 is 2.28 bits per heavy atom. The summed E-state index contributed by atoms with van der Waals surface area (Å²) in [6.07, 6.45) is 9.07. The molecule has 3 aromatic rings. The van der Waals surface area contributed by atoms with Gasteiger partial charge in [-0.15, -0.1) is 0 Å². The first kappa shape index (κ1) is 35.9. The number of alkyl carbamates (subject to hydrolysis) is 1. The number of nitrogens with one attached hydrogen (secondary N) is 2. The molecule has 2 aliphatic carbocycles. The fourth-order valence-electron chi connectivity index (χ4n) is 7.50. The number of benzene rings is 2. The summed E-state index contributed by atoms with van der Waals surface area (Å²) >= 11 is 13.6. The van der Waals surface area contributed by atoms with Crippen LogP contribution in [0.4, 0.5) is 27.0 Å². The average Bonchev–Trinajstić information content (AvgIpc) is 3.63. The number of urea groups is 1. The van der Waals surface area contributed by atoms with E-state index in [9.17, 15) is 9.59 Å². The molecule has 3 atom stereocenters. The van der Waals surface area contributed by atoms with Crippen molar-refractivity contribution in [3.63, 3.8) is 0 Å². The van der Waals surface area contributed by atoms with Crippen LogP contribution in [0.1, 0.15) is 76.8 Å². The number of hydrogen-bond donors (Lipinski definition) is 2. The molecular formula is C37H46Cl2N6O5. The van der Waals surface area contributed by atoms with Crippen molar-refractivity contribution in [2.75, 3.05) is 29.3 Å². The molecule has 3 aliphatic rings. The van der Waals surface area contributed by atoms with Crippen molar-refractivity contribution in [1.82, 2.24) is 15.3 Å². The molecule has 2 aromatic carbocycles. The first-order valence-corrected chi connectivity index (χ1v) is 18.1. The Morgan fingerprint density at radius 2 is 1.64 bits per heavy atom. The van der Waals surface area contributed by atoms with E-state index < -0.39 is 11.7 Å². The number of carbonyl (C=O) groups excluding carboxylic acids is 2. The third kappa shape index (κ3) is 7.84. The van der Waals surface area contributed by atoms with Crippen molar-refractivity contribution in [3.8, 4) is 11.5 Å². The quantitative estimate of drug-likeness (QED) is 0.225. The summed E-state index contributed by atoms with van der Waals surface area (Å²) in [6.45, 7) is 5.93. The highest BCUT2D eigenvalue weighted by molar-refractivity contribution is 6.42. The van der Waals surface area contributed by atoms with Gasteiger partial charge in [-0.05, 0) is 57.4 Å². The van der Waals surface area contributed by atoms with Gasteiger partial charge in [-0.2, -0.15) is 4.98 Å². The van der Waals surface area contributed by atoms with Gasteiger partial charge in [0.05, 0.1) is 39.0 Å². The number of ether oxygens (including phenoxy) is 3. The average molecular weight is 726 g/mol. The summed E-state index contributed by atoms with van der Waals surface area (Å²) in [6, 6.07) is 10.6. The second kappa shape index (κ2) is 15.1. The van der Waals surface area contributed by atoms with E-state index in [1.54, 1.807) is 17.2 Å². The van der Waals surface area contributed by atoms with Gasteiger partial charge in [-0.3, -0.25) is 9.80 Å². The highest BCUT2D eigenvalue weighted by Gasteiger charge is 2.39. The topological polar surface area (TPSA) is 118 Å². The number of nitrogens with zero attached hydrogens (tertiary/aromatic N) is 4. The summed E-state index contributed by atoms with van der Waals surface area (Å²) in [5, 5.41) is 7.07. The normalized spacial score (nSPS) is 21.1. The van der Waals surface area contributed by atoms with Crippen LogP contribution in [0.2, 0.25) is 10.0 Å². The van der Waals surface area contributed by atoms with Crippen molar-refractivity contribution in [1.29, 1.82) is 0 Å². The number of anilines is 3. The molecule has 3 amide bonds. The predicted molar refractivity (Wildman–Crippen MR) is 196 cm³/mol.